The molecular formula is C78H134N24O32. The number of nitrogens with one attached hydrogen (secondary N) is 8. The molecule has 0 aliphatic carbocycles. The number of carboxylic acids is 12. The Balaban J connectivity index is 1.76. The number of nitrogens with zero attached hydrogens (tertiary/aromatic N) is 16. The average molecular weight is 1920 g/mol. The van der Waals surface area contributed by atoms with Gasteiger partial charge < -0.3 is 104 Å². The third-order valence-electron chi connectivity index (χ3n) is 22.4. The molecule has 4 rings (SSSR count). The van der Waals surface area contributed by atoms with Crippen molar-refractivity contribution in [3.05, 3.63) is 0 Å². The summed E-state index contributed by atoms with van der Waals surface area (Å²) in [6.07, 6.45) is 0. The van der Waals surface area contributed by atoms with Crippen molar-refractivity contribution in [3.8, 4) is 0 Å². The van der Waals surface area contributed by atoms with E-state index in [4.69, 9.17) is 0 Å². The second kappa shape index (κ2) is 62.3. The first kappa shape index (κ1) is 115. The lowest BCUT2D eigenvalue weighted by Gasteiger charge is -2.35. The number of carbonyl (C=O) groups is 20. The molecule has 758 valence electrons. The molecule has 0 bridgehead atoms. The van der Waals surface area contributed by atoms with Gasteiger partial charge in [-0.25, -0.2) is 0 Å². The zero-order chi connectivity index (χ0) is 99.4. The molecule has 0 aromatic heterocycles. The molecule has 20 N–H and O–H groups in total. The summed E-state index contributed by atoms with van der Waals surface area (Å²) in [6, 6.07) is -1.13. The summed E-state index contributed by atoms with van der Waals surface area (Å²) in [5, 5.41) is 138. The Morgan fingerprint density at radius 2 is 0.313 bits per heavy atom. The van der Waals surface area contributed by atoms with Crippen molar-refractivity contribution in [1.82, 2.24) is 121 Å². The van der Waals surface area contributed by atoms with Gasteiger partial charge in [0.2, 0.25) is 47.3 Å². The number of carbonyl (C=O) groups excluding carboxylic acids is 8. The highest BCUT2D eigenvalue weighted by atomic mass is 16.4. The van der Waals surface area contributed by atoms with Crippen molar-refractivity contribution in [2.75, 3.05) is 360 Å². The maximum Gasteiger partial charge on any atom is 0.317 e. The van der Waals surface area contributed by atoms with Crippen molar-refractivity contribution >= 4 is 119 Å². The normalized spacial score (nSPS) is 18.7. The van der Waals surface area contributed by atoms with Gasteiger partial charge in [-0.1, -0.05) is 0 Å². The van der Waals surface area contributed by atoms with Crippen molar-refractivity contribution < 1.29 is 157 Å². The maximum atomic E-state index is 14.4. The van der Waals surface area contributed by atoms with Crippen LogP contribution in [0.5, 0.6) is 0 Å². The zero-order valence-corrected chi connectivity index (χ0v) is 75.7. The summed E-state index contributed by atoms with van der Waals surface area (Å²) in [5.41, 5.74) is -1.87. The first-order chi connectivity index (χ1) is 63.3. The average Bonchev–Trinajstić information content (AvgIpc) is 0.845. The fourth-order valence-electron chi connectivity index (χ4n) is 14.9. The minimum Gasteiger partial charge on any atom is -0.480 e. The SMILES string of the molecule is C[C@@H](C(=O)NCC(=O)NCC(CNC(=O)CNC(=O)CN1CCN(CC(=O)O)CCN(CC(=O)O)CCN(CC(=O)O)CC1)(CNC(=O)CNC(=O)CN1CCN(CC(=O)O)CCN(CC(=O)O)CCN(CC(=O)O)CC1)CNC(=O)CNC(=O)CN1CCN(CC(=O)O)CCN(CC(=O)O)CCN(CC(=O)O)CC1)N1CCN(CC(=O)O)CCN(CC(=O)O)CCN(CC(=O)O)CC1. The van der Waals surface area contributed by atoms with Crippen molar-refractivity contribution in [2.45, 2.75) is 13.0 Å². The van der Waals surface area contributed by atoms with E-state index in [1.807, 2.05) is 0 Å². The minimum atomic E-state index is -1.87. The summed E-state index contributed by atoms with van der Waals surface area (Å²) in [4.78, 5) is 282. The number of hydrogen-bond acceptors (Lipinski definition) is 36. The van der Waals surface area contributed by atoms with E-state index in [0.717, 1.165) is 0 Å². The molecule has 56 nitrogen and oxygen atoms in total. The Labute approximate surface area is 772 Å². The van der Waals surface area contributed by atoms with Crippen LogP contribution in [0.1, 0.15) is 6.92 Å². The van der Waals surface area contributed by atoms with Gasteiger partial charge in [-0.3, -0.25) is 174 Å². The highest BCUT2D eigenvalue weighted by molar-refractivity contribution is 5.89. The van der Waals surface area contributed by atoms with Gasteiger partial charge in [-0.05, 0) is 6.92 Å². The number of aliphatic carboxylic acids is 12. The fourth-order valence-corrected chi connectivity index (χ4v) is 14.9. The van der Waals surface area contributed by atoms with E-state index in [1.165, 1.54) is 65.7 Å². The summed E-state index contributed by atoms with van der Waals surface area (Å²) >= 11 is 0. The van der Waals surface area contributed by atoms with E-state index >= 15 is 0 Å². The van der Waals surface area contributed by atoms with E-state index < -0.39 is 281 Å². The van der Waals surface area contributed by atoms with E-state index in [-0.39, 0.29) is 209 Å². The van der Waals surface area contributed by atoms with Crippen molar-refractivity contribution in [3.63, 3.8) is 0 Å². The molecule has 4 aliphatic heterocycles. The van der Waals surface area contributed by atoms with E-state index in [2.05, 4.69) is 42.5 Å². The Kier molecular flexibility index (Phi) is 53.5. The Bertz CT molecular complexity index is 3490. The van der Waals surface area contributed by atoms with Gasteiger partial charge in [0.15, 0.2) is 0 Å². The molecule has 134 heavy (non-hydrogen) atoms. The molecule has 4 aliphatic rings. The Morgan fingerprint density at radius 3 is 0.455 bits per heavy atom. The third kappa shape index (κ3) is 53.0. The maximum absolute atomic E-state index is 14.4. The molecule has 0 aromatic rings. The van der Waals surface area contributed by atoms with Crippen LogP contribution in [0, 0.1) is 5.41 Å². The highest BCUT2D eigenvalue weighted by Crippen LogP contribution is 2.16. The highest BCUT2D eigenvalue weighted by Gasteiger charge is 2.36. The molecule has 0 unspecified atom stereocenters. The number of hydrogen-bond donors (Lipinski definition) is 20. The van der Waals surface area contributed by atoms with Crippen LogP contribution in [0.4, 0.5) is 0 Å². The lowest BCUT2D eigenvalue weighted by molar-refractivity contribution is -0.140. The number of amides is 8. The fraction of sp³-hybridized carbons (Fsp3) is 0.744. The summed E-state index contributed by atoms with van der Waals surface area (Å²) in [5.74, 6) is -21.4. The smallest absolute Gasteiger partial charge is 0.317 e. The second-order valence-electron chi connectivity index (χ2n) is 33.2. The molecule has 0 aromatic carbocycles. The topological polar surface area (TPSA) is 732 Å². The predicted octanol–water partition coefficient (Wildman–Crippen LogP) is -14.8. The van der Waals surface area contributed by atoms with Crippen LogP contribution in [0.3, 0.4) is 0 Å². The van der Waals surface area contributed by atoms with E-state index in [0.29, 0.717) is 0 Å². The first-order valence-corrected chi connectivity index (χ1v) is 43.7. The molecular weight excluding hydrogens is 1780 g/mol. The molecule has 1 atom stereocenters. The molecule has 0 saturated carbocycles. The molecule has 4 fully saturated rings. The molecule has 4 saturated heterocycles. The van der Waals surface area contributed by atoms with Crippen molar-refractivity contribution in [2.24, 2.45) is 5.41 Å². The predicted molar refractivity (Wildman–Crippen MR) is 466 cm³/mol. The molecule has 4 heterocycles. The quantitative estimate of drug-likeness (QED) is 0.0269. The lowest BCUT2D eigenvalue weighted by atomic mass is 9.86. The second-order valence-corrected chi connectivity index (χ2v) is 33.2. The lowest BCUT2D eigenvalue weighted by Crippen LogP contribution is -2.59. The van der Waals surface area contributed by atoms with Gasteiger partial charge in [0.05, 0.1) is 130 Å². The van der Waals surface area contributed by atoms with Crippen LogP contribution in [-0.2, 0) is 95.9 Å². The molecule has 0 radical (unpaired) electrons. The standard InChI is InChI=1S/C78H134N24O32/c1-57(102-32-30-100(51-75(130)131)28-26-99(50-74(128)129)27-29-101(31-33-102)52-76(132)133)77(134)82-37-61(106)86-56-78(53-83-58(103)34-79-62(107)38-87-2-8-90(41-65(110)111)14-20-96(47-71(122)123)21-15-91(9-3-87)42-66(112)113,54-84-59(104)35-80-63(108)39-88-4-10-92(43-67(114)115)16-22-97(48-72(124)125)23-17-93(11-5-88)44-68(116)117)55-85-60(105)36-81-64(109)40-89-6-12-94(45-69(118)119)18-24-98(49-73(126)127)25-19-95(13-7-89)46-70(120)121/h57H,2-56H2,1H3,(H,79,107)(H,80,108)(H,81,109)(H,82,134)(H,83,103)(H,84,104)(H,85,105)(H,86,106)(H,110,111)(H,112,113)(H,114,115)(H,116,117)(H,118,119)(H,120,121)(H,122,123)(H,124,125)(H,126,127)(H,128,129)(H,130,131)(H,132,133)/t57-/m0/s1. The molecule has 0 spiro atoms. The van der Waals surface area contributed by atoms with Crippen LogP contribution in [0.25, 0.3) is 0 Å². The van der Waals surface area contributed by atoms with Gasteiger partial charge in [0.1, 0.15) is 0 Å². The van der Waals surface area contributed by atoms with Gasteiger partial charge in [-0.2, -0.15) is 0 Å². The van der Waals surface area contributed by atoms with Gasteiger partial charge >= 0.3 is 71.6 Å². The Morgan fingerprint density at radius 1 is 0.187 bits per heavy atom. The van der Waals surface area contributed by atoms with Gasteiger partial charge in [0, 0.05) is 241 Å². The largest absolute Gasteiger partial charge is 0.480 e. The third-order valence-corrected chi connectivity index (χ3v) is 22.4. The minimum absolute atomic E-state index is 0.000789. The molecule has 56 heteroatoms. The summed E-state index contributed by atoms with van der Waals surface area (Å²) in [7, 11) is 0. The Hall–Kier alpha value is -11.2. The van der Waals surface area contributed by atoms with Gasteiger partial charge in [-0.15, -0.1) is 0 Å². The van der Waals surface area contributed by atoms with E-state index in [1.54, 1.807) is 19.6 Å². The first-order valence-electron chi connectivity index (χ1n) is 43.7. The van der Waals surface area contributed by atoms with Crippen LogP contribution >= 0.6 is 0 Å². The molecule has 8 amide bonds. The number of rotatable bonds is 48. The van der Waals surface area contributed by atoms with Gasteiger partial charge in [0.25, 0.3) is 0 Å². The monoisotopic (exact) mass is 1920 g/mol. The number of carboxylic acid groups (broad SMARTS) is 12. The van der Waals surface area contributed by atoms with Crippen LogP contribution in [0.15, 0.2) is 0 Å². The van der Waals surface area contributed by atoms with Crippen LogP contribution in [0.2, 0.25) is 0 Å². The zero-order valence-electron chi connectivity index (χ0n) is 75.7. The summed E-state index contributed by atoms with van der Waals surface area (Å²) < 4.78 is 0. The van der Waals surface area contributed by atoms with Crippen molar-refractivity contribution in [1.29, 1.82) is 0 Å². The van der Waals surface area contributed by atoms with E-state index in [9.17, 15) is 157 Å². The summed E-state index contributed by atoms with van der Waals surface area (Å²) in [6.45, 7) is -10.4. The van der Waals surface area contributed by atoms with Crippen LogP contribution < -0.4 is 42.5 Å². The van der Waals surface area contributed by atoms with Crippen LogP contribution in [-0.4, -0.2) is 625 Å².